The smallest absolute Gasteiger partial charge is 0.341 e. The molecule has 1 atom stereocenters. The Hall–Kier alpha value is -2.14. The van der Waals surface area contributed by atoms with Crippen LogP contribution in [-0.4, -0.2) is 29.1 Å². The van der Waals surface area contributed by atoms with E-state index in [1.165, 1.54) is 11.8 Å². The van der Waals surface area contributed by atoms with Crippen molar-refractivity contribution in [1.29, 1.82) is 0 Å². The molecule has 0 saturated heterocycles. The van der Waals surface area contributed by atoms with E-state index in [0.717, 1.165) is 11.1 Å². The number of pyridine rings is 1. The topological polar surface area (TPSA) is 56.3 Å². The molecule has 0 amide bonds. The highest BCUT2D eigenvalue weighted by molar-refractivity contribution is 7.98. The number of Topliss-reactive ketones (excluding diaryl/α,β-unsaturated/α-hetero) is 1. The molecule has 2 rings (SSSR count). The van der Waals surface area contributed by atoms with Gasteiger partial charge in [-0.3, -0.25) is 4.79 Å². The number of rotatable bonds is 5. The normalized spacial score (nSPS) is 11.8. The van der Waals surface area contributed by atoms with Crippen molar-refractivity contribution in [2.24, 2.45) is 0 Å². The number of carbonyl (C=O) groups is 2. The number of hydrogen-bond acceptors (Lipinski definition) is 5. The Kier molecular flexibility index (Phi) is 5.55. The van der Waals surface area contributed by atoms with E-state index in [0.29, 0.717) is 16.2 Å². The summed E-state index contributed by atoms with van der Waals surface area (Å²) in [6, 6.07) is 8.79. The molecule has 0 unspecified atom stereocenters. The van der Waals surface area contributed by atoms with Gasteiger partial charge in [0.15, 0.2) is 6.10 Å². The Morgan fingerprint density at radius 1 is 1.17 bits per heavy atom. The third-order valence-corrected chi connectivity index (χ3v) is 4.34. The number of hydrogen-bond donors (Lipinski definition) is 0. The fourth-order valence-corrected chi connectivity index (χ4v) is 2.65. The molecule has 2 aromatic rings. The van der Waals surface area contributed by atoms with E-state index in [1.54, 1.807) is 31.3 Å². The SMILES string of the molecule is CSc1ncccc1C(=O)O[C@H](C)C(=O)c1ccc(C)c(C)c1. The lowest BCUT2D eigenvalue weighted by atomic mass is 10.0. The van der Waals surface area contributed by atoms with E-state index in [4.69, 9.17) is 4.74 Å². The summed E-state index contributed by atoms with van der Waals surface area (Å²) in [5.74, 6) is -0.747. The zero-order chi connectivity index (χ0) is 17.0. The number of esters is 1. The summed E-state index contributed by atoms with van der Waals surface area (Å²) < 4.78 is 5.32. The maximum Gasteiger partial charge on any atom is 0.341 e. The number of thioether (sulfide) groups is 1. The van der Waals surface area contributed by atoms with Gasteiger partial charge in [0.1, 0.15) is 5.03 Å². The minimum atomic E-state index is -0.848. The minimum absolute atomic E-state index is 0.212. The Morgan fingerprint density at radius 2 is 1.91 bits per heavy atom. The molecule has 0 spiro atoms. The van der Waals surface area contributed by atoms with Crippen LogP contribution < -0.4 is 0 Å². The van der Waals surface area contributed by atoms with Crippen LogP contribution in [-0.2, 0) is 4.74 Å². The molecule has 0 aliphatic heterocycles. The average Bonchev–Trinajstić information content (AvgIpc) is 2.56. The molecule has 0 bridgehead atoms. The molecule has 0 saturated carbocycles. The predicted octanol–water partition coefficient (Wildman–Crippen LogP) is 3.85. The van der Waals surface area contributed by atoms with Crippen LogP contribution >= 0.6 is 11.8 Å². The quantitative estimate of drug-likeness (QED) is 0.474. The van der Waals surface area contributed by atoms with Gasteiger partial charge in [0.05, 0.1) is 5.56 Å². The first-order valence-corrected chi connectivity index (χ1v) is 8.48. The molecule has 0 aliphatic carbocycles. The molecule has 5 heteroatoms. The summed E-state index contributed by atoms with van der Waals surface area (Å²) >= 11 is 1.36. The van der Waals surface area contributed by atoms with Gasteiger partial charge in [0, 0.05) is 11.8 Å². The van der Waals surface area contributed by atoms with Crippen LogP contribution in [0.5, 0.6) is 0 Å². The highest BCUT2D eigenvalue weighted by Crippen LogP contribution is 2.19. The van der Waals surface area contributed by atoms with Gasteiger partial charge in [-0.1, -0.05) is 12.1 Å². The van der Waals surface area contributed by atoms with Gasteiger partial charge in [0.25, 0.3) is 0 Å². The Morgan fingerprint density at radius 3 is 2.57 bits per heavy atom. The number of aryl methyl sites for hydroxylation is 2. The van der Waals surface area contributed by atoms with Gasteiger partial charge in [-0.05, 0) is 56.4 Å². The second kappa shape index (κ2) is 7.42. The molecule has 120 valence electrons. The molecule has 1 aromatic carbocycles. The van der Waals surface area contributed by atoms with Crippen LogP contribution in [0.25, 0.3) is 0 Å². The van der Waals surface area contributed by atoms with Crippen molar-refractivity contribution < 1.29 is 14.3 Å². The van der Waals surface area contributed by atoms with Crippen LogP contribution in [0.3, 0.4) is 0 Å². The van der Waals surface area contributed by atoms with Crippen molar-refractivity contribution in [2.75, 3.05) is 6.26 Å². The lowest BCUT2D eigenvalue weighted by Crippen LogP contribution is -2.25. The van der Waals surface area contributed by atoms with E-state index in [2.05, 4.69) is 4.98 Å². The maximum atomic E-state index is 12.4. The number of benzene rings is 1. The molecule has 23 heavy (non-hydrogen) atoms. The minimum Gasteiger partial charge on any atom is -0.451 e. The van der Waals surface area contributed by atoms with Gasteiger partial charge in [-0.2, -0.15) is 0 Å². The molecule has 0 fully saturated rings. The Bertz CT molecular complexity index is 743. The van der Waals surface area contributed by atoms with Gasteiger partial charge in [0.2, 0.25) is 5.78 Å². The van der Waals surface area contributed by atoms with Crippen molar-refractivity contribution in [1.82, 2.24) is 4.98 Å². The van der Waals surface area contributed by atoms with E-state index in [-0.39, 0.29) is 5.78 Å². The zero-order valence-electron chi connectivity index (χ0n) is 13.6. The molecule has 1 heterocycles. The number of ether oxygens (including phenoxy) is 1. The first kappa shape index (κ1) is 17.2. The van der Waals surface area contributed by atoms with Gasteiger partial charge >= 0.3 is 5.97 Å². The van der Waals surface area contributed by atoms with Crippen molar-refractivity contribution >= 4 is 23.5 Å². The van der Waals surface area contributed by atoms with E-state index < -0.39 is 12.1 Å². The summed E-state index contributed by atoms with van der Waals surface area (Å²) in [7, 11) is 0. The Balaban J connectivity index is 2.14. The molecule has 0 N–H and O–H groups in total. The molecule has 0 radical (unpaired) electrons. The van der Waals surface area contributed by atoms with Crippen molar-refractivity contribution in [2.45, 2.75) is 31.9 Å². The molecule has 0 aliphatic rings. The zero-order valence-corrected chi connectivity index (χ0v) is 14.4. The summed E-state index contributed by atoms with van der Waals surface area (Å²) in [6.07, 6.45) is 2.61. The van der Waals surface area contributed by atoms with Crippen LogP contribution in [0, 0.1) is 13.8 Å². The summed E-state index contributed by atoms with van der Waals surface area (Å²) in [5, 5.41) is 0.586. The van der Waals surface area contributed by atoms with Crippen LogP contribution in [0.1, 0.15) is 38.8 Å². The first-order valence-electron chi connectivity index (χ1n) is 7.25. The highest BCUT2D eigenvalue weighted by atomic mass is 32.2. The average molecular weight is 329 g/mol. The van der Waals surface area contributed by atoms with E-state index in [1.807, 2.05) is 32.2 Å². The van der Waals surface area contributed by atoms with Crippen LogP contribution in [0.2, 0.25) is 0 Å². The first-order chi connectivity index (χ1) is 10.9. The van der Waals surface area contributed by atoms with Crippen LogP contribution in [0.4, 0.5) is 0 Å². The molecular weight excluding hydrogens is 310 g/mol. The lowest BCUT2D eigenvalue weighted by Gasteiger charge is -2.14. The maximum absolute atomic E-state index is 12.4. The standard InChI is InChI=1S/C18H19NO3S/c1-11-7-8-14(10-12(11)2)16(20)13(3)22-18(21)15-6-5-9-19-17(15)23-4/h5-10,13H,1-4H3/t13-/m1/s1. The molecule has 1 aromatic heterocycles. The third kappa shape index (κ3) is 3.99. The second-order valence-corrected chi connectivity index (χ2v) is 6.07. The van der Waals surface area contributed by atoms with Crippen LogP contribution in [0.15, 0.2) is 41.6 Å². The van der Waals surface area contributed by atoms with Crippen molar-refractivity contribution in [3.63, 3.8) is 0 Å². The fourth-order valence-electron chi connectivity index (χ4n) is 2.12. The van der Waals surface area contributed by atoms with Crippen molar-refractivity contribution in [3.05, 3.63) is 58.8 Å². The second-order valence-electron chi connectivity index (χ2n) is 5.27. The van der Waals surface area contributed by atoms with Gasteiger partial charge in [-0.25, -0.2) is 9.78 Å². The number of carbonyl (C=O) groups excluding carboxylic acids is 2. The van der Waals surface area contributed by atoms with E-state index in [9.17, 15) is 9.59 Å². The fraction of sp³-hybridized carbons (Fsp3) is 0.278. The largest absolute Gasteiger partial charge is 0.451 e. The third-order valence-electron chi connectivity index (χ3n) is 3.63. The summed E-state index contributed by atoms with van der Waals surface area (Å²) in [6.45, 7) is 5.52. The number of ketones is 1. The predicted molar refractivity (Wildman–Crippen MR) is 91.1 cm³/mol. The monoisotopic (exact) mass is 329 g/mol. The number of aromatic nitrogens is 1. The van der Waals surface area contributed by atoms with Gasteiger partial charge in [-0.15, -0.1) is 11.8 Å². The molecular formula is C18H19NO3S. The van der Waals surface area contributed by atoms with Crippen molar-refractivity contribution in [3.8, 4) is 0 Å². The Labute approximate surface area is 140 Å². The lowest BCUT2D eigenvalue weighted by molar-refractivity contribution is 0.0314. The van der Waals surface area contributed by atoms with Gasteiger partial charge < -0.3 is 4.74 Å². The molecule has 4 nitrogen and oxygen atoms in total. The van der Waals surface area contributed by atoms with E-state index >= 15 is 0 Å². The number of nitrogens with zero attached hydrogens (tertiary/aromatic N) is 1. The summed E-state index contributed by atoms with van der Waals surface area (Å²) in [4.78, 5) is 28.8. The summed E-state index contributed by atoms with van der Waals surface area (Å²) in [5.41, 5.74) is 3.07. The highest BCUT2D eigenvalue weighted by Gasteiger charge is 2.22.